The molecular weight excluding hydrogens is 268 g/mol. The molecule has 2 heterocycles. The molecule has 1 aromatic carbocycles. The van der Waals surface area contributed by atoms with E-state index in [9.17, 15) is 9.90 Å². The van der Waals surface area contributed by atoms with Gasteiger partial charge < -0.3 is 19.1 Å². The number of aliphatic hydroxyl groups excluding tert-OH is 1. The molecule has 0 spiro atoms. The molecule has 1 atom stereocenters. The molecule has 0 saturated carbocycles. The molecule has 4 nitrogen and oxygen atoms in total. The number of benzene rings is 1. The number of ether oxygens (including phenoxy) is 1. The number of carbonyl (C=O) groups is 1. The third-order valence-electron chi connectivity index (χ3n) is 4.28. The van der Waals surface area contributed by atoms with Crippen LogP contribution in [-0.2, 0) is 11.4 Å². The number of Topliss-reactive ketones (excluding diaryl/α,β-unsaturated/α-hetero) is 1. The summed E-state index contributed by atoms with van der Waals surface area (Å²) >= 11 is 0. The SMILES string of the molecule is CC(=O)CCC1c2coc3cc(CO)cc(c23)OC1(C)C. The zero-order valence-corrected chi connectivity index (χ0v) is 12.6. The fourth-order valence-corrected chi connectivity index (χ4v) is 3.22. The normalized spacial score (nSPS) is 19.5. The van der Waals surface area contributed by atoms with Crippen molar-refractivity contribution in [3.63, 3.8) is 0 Å². The largest absolute Gasteiger partial charge is 0.486 e. The molecule has 1 unspecified atom stereocenters. The first-order chi connectivity index (χ1) is 9.92. The maximum atomic E-state index is 11.3. The molecule has 0 fully saturated rings. The van der Waals surface area contributed by atoms with Crippen molar-refractivity contribution in [2.45, 2.75) is 51.7 Å². The Bertz CT molecular complexity index is 696. The van der Waals surface area contributed by atoms with E-state index in [1.165, 1.54) is 0 Å². The van der Waals surface area contributed by atoms with Crippen LogP contribution in [0.25, 0.3) is 11.0 Å². The summed E-state index contributed by atoms with van der Waals surface area (Å²) in [6.45, 7) is 5.63. The molecule has 21 heavy (non-hydrogen) atoms. The van der Waals surface area contributed by atoms with Gasteiger partial charge in [-0.2, -0.15) is 0 Å². The molecule has 3 rings (SSSR count). The lowest BCUT2D eigenvalue weighted by atomic mass is 9.78. The lowest BCUT2D eigenvalue weighted by molar-refractivity contribution is -0.117. The van der Waals surface area contributed by atoms with Crippen LogP contribution in [-0.4, -0.2) is 16.5 Å². The summed E-state index contributed by atoms with van der Waals surface area (Å²) in [6.07, 6.45) is 3.05. The van der Waals surface area contributed by atoms with Crippen LogP contribution in [0.15, 0.2) is 22.8 Å². The highest BCUT2D eigenvalue weighted by atomic mass is 16.5. The molecule has 1 aliphatic rings. The lowest BCUT2D eigenvalue weighted by Crippen LogP contribution is -2.38. The van der Waals surface area contributed by atoms with Gasteiger partial charge in [-0.25, -0.2) is 0 Å². The minimum absolute atomic E-state index is 0.0451. The van der Waals surface area contributed by atoms with Crippen molar-refractivity contribution in [2.75, 3.05) is 0 Å². The van der Waals surface area contributed by atoms with E-state index in [1.807, 2.05) is 26.0 Å². The van der Waals surface area contributed by atoms with Gasteiger partial charge in [0.05, 0.1) is 18.3 Å². The summed E-state index contributed by atoms with van der Waals surface area (Å²) in [5.74, 6) is 1.06. The summed E-state index contributed by atoms with van der Waals surface area (Å²) in [5, 5.41) is 10.3. The highest BCUT2D eigenvalue weighted by molar-refractivity contribution is 5.90. The monoisotopic (exact) mass is 288 g/mol. The Hall–Kier alpha value is -1.81. The van der Waals surface area contributed by atoms with Crippen LogP contribution in [0.1, 0.15) is 50.7 Å². The van der Waals surface area contributed by atoms with Gasteiger partial charge in [0.15, 0.2) is 0 Å². The predicted molar refractivity (Wildman–Crippen MR) is 79.5 cm³/mol. The van der Waals surface area contributed by atoms with Crippen LogP contribution in [0.3, 0.4) is 0 Å². The molecule has 4 heteroatoms. The van der Waals surface area contributed by atoms with Crippen molar-refractivity contribution in [1.29, 1.82) is 0 Å². The summed E-state index contributed by atoms with van der Waals surface area (Å²) < 4.78 is 11.8. The van der Waals surface area contributed by atoms with Crippen molar-refractivity contribution >= 4 is 16.8 Å². The molecule has 1 aliphatic heterocycles. The molecule has 112 valence electrons. The summed E-state index contributed by atoms with van der Waals surface area (Å²) in [6, 6.07) is 3.70. The summed E-state index contributed by atoms with van der Waals surface area (Å²) in [4.78, 5) is 11.3. The summed E-state index contributed by atoms with van der Waals surface area (Å²) in [7, 11) is 0. The lowest BCUT2D eigenvalue weighted by Gasteiger charge is -2.38. The van der Waals surface area contributed by atoms with Gasteiger partial charge in [0.25, 0.3) is 0 Å². The smallest absolute Gasteiger partial charge is 0.138 e. The average Bonchev–Trinajstić information content (AvgIpc) is 2.81. The van der Waals surface area contributed by atoms with Crippen LogP contribution >= 0.6 is 0 Å². The first-order valence-corrected chi connectivity index (χ1v) is 7.25. The fraction of sp³-hybridized carbons (Fsp3) is 0.471. The van der Waals surface area contributed by atoms with Gasteiger partial charge in [0.2, 0.25) is 0 Å². The first-order valence-electron chi connectivity index (χ1n) is 7.25. The highest BCUT2D eigenvalue weighted by Gasteiger charge is 2.40. The van der Waals surface area contributed by atoms with E-state index in [0.29, 0.717) is 6.42 Å². The second-order valence-corrected chi connectivity index (χ2v) is 6.32. The van der Waals surface area contributed by atoms with Gasteiger partial charge in [0.1, 0.15) is 22.7 Å². The zero-order chi connectivity index (χ0) is 15.2. The maximum Gasteiger partial charge on any atom is 0.138 e. The Morgan fingerprint density at radius 1 is 1.38 bits per heavy atom. The quantitative estimate of drug-likeness (QED) is 0.934. The van der Waals surface area contributed by atoms with Crippen LogP contribution in [0.5, 0.6) is 5.75 Å². The van der Waals surface area contributed by atoms with E-state index in [1.54, 1.807) is 13.2 Å². The van der Waals surface area contributed by atoms with Gasteiger partial charge in [-0.1, -0.05) is 0 Å². The van der Waals surface area contributed by atoms with Crippen molar-refractivity contribution in [3.05, 3.63) is 29.5 Å². The van der Waals surface area contributed by atoms with E-state index in [0.717, 1.165) is 34.3 Å². The van der Waals surface area contributed by atoms with Crippen molar-refractivity contribution in [3.8, 4) is 5.75 Å². The molecular formula is C17H20O4. The van der Waals surface area contributed by atoms with E-state index >= 15 is 0 Å². The van der Waals surface area contributed by atoms with Crippen molar-refractivity contribution < 1.29 is 19.1 Å². The van der Waals surface area contributed by atoms with E-state index in [-0.39, 0.29) is 18.3 Å². The average molecular weight is 288 g/mol. The number of hydrogen-bond acceptors (Lipinski definition) is 4. The minimum atomic E-state index is -0.409. The summed E-state index contributed by atoms with van der Waals surface area (Å²) in [5.41, 5.74) is 2.20. The number of carbonyl (C=O) groups excluding carboxylic acids is 1. The standard InChI is InChI=1S/C17H20O4/c1-10(19)4-5-13-12-9-20-14-6-11(8-18)7-15(16(12)14)21-17(13,2)3/h6-7,9,13,18H,4-5,8H2,1-3H3. The molecule has 1 N–H and O–H groups in total. The molecule has 0 saturated heterocycles. The van der Waals surface area contributed by atoms with Crippen LogP contribution in [0, 0.1) is 0 Å². The minimum Gasteiger partial charge on any atom is -0.486 e. The number of rotatable bonds is 4. The molecule has 0 amide bonds. The van der Waals surface area contributed by atoms with Gasteiger partial charge in [-0.05, 0) is 44.9 Å². The molecule has 2 aromatic rings. The maximum absolute atomic E-state index is 11.3. The first kappa shape index (κ1) is 14.1. The fourth-order valence-electron chi connectivity index (χ4n) is 3.22. The van der Waals surface area contributed by atoms with E-state index in [4.69, 9.17) is 9.15 Å². The van der Waals surface area contributed by atoms with Gasteiger partial charge in [-0.15, -0.1) is 0 Å². The Balaban J connectivity index is 2.11. The Labute approximate surface area is 123 Å². The topological polar surface area (TPSA) is 59.7 Å². The van der Waals surface area contributed by atoms with Crippen molar-refractivity contribution in [1.82, 2.24) is 0 Å². The third-order valence-corrected chi connectivity index (χ3v) is 4.28. The van der Waals surface area contributed by atoms with Gasteiger partial charge >= 0.3 is 0 Å². The Morgan fingerprint density at radius 3 is 2.81 bits per heavy atom. The van der Waals surface area contributed by atoms with Gasteiger partial charge in [-0.3, -0.25) is 0 Å². The Kier molecular flexibility index (Phi) is 3.29. The van der Waals surface area contributed by atoms with E-state index < -0.39 is 5.60 Å². The number of ketones is 1. The number of furan rings is 1. The molecule has 0 aliphatic carbocycles. The molecule has 0 radical (unpaired) electrons. The highest BCUT2D eigenvalue weighted by Crippen LogP contribution is 2.48. The number of aliphatic hydroxyl groups is 1. The second kappa shape index (κ2) is 4.88. The zero-order valence-electron chi connectivity index (χ0n) is 12.6. The third kappa shape index (κ3) is 2.33. The van der Waals surface area contributed by atoms with Crippen LogP contribution in [0.4, 0.5) is 0 Å². The van der Waals surface area contributed by atoms with Gasteiger partial charge in [0, 0.05) is 17.9 Å². The van der Waals surface area contributed by atoms with Crippen LogP contribution in [0.2, 0.25) is 0 Å². The number of hydrogen-bond donors (Lipinski definition) is 1. The Morgan fingerprint density at radius 2 is 2.14 bits per heavy atom. The molecule has 0 bridgehead atoms. The second-order valence-electron chi connectivity index (χ2n) is 6.32. The molecule has 1 aromatic heterocycles. The van der Waals surface area contributed by atoms with Crippen LogP contribution < -0.4 is 4.74 Å². The van der Waals surface area contributed by atoms with Crippen molar-refractivity contribution in [2.24, 2.45) is 0 Å². The van der Waals surface area contributed by atoms with E-state index in [2.05, 4.69) is 0 Å². The predicted octanol–water partition coefficient (Wildman–Crippen LogP) is 3.55.